The molecule has 0 aliphatic heterocycles. The molecule has 0 N–H and O–H groups in total. The summed E-state index contributed by atoms with van der Waals surface area (Å²) in [5.74, 6) is -0.291. The van der Waals surface area contributed by atoms with Crippen LogP contribution in [0.1, 0.15) is 19.4 Å². The van der Waals surface area contributed by atoms with E-state index >= 15 is 0 Å². The van der Waals surface area contributed by atoms with Crippen molar-refractivity contribution in [2.45, 2.75) is 25.2 Å². The first-order chi connectivity index (χ1) is 8.58. The Bertz CT molecular complexity index is 412. The second-order valence-corrected chi connectivity index (χ2v) is 5.30. The van der Waals surface area contributed by atoms with Gasteiger partial charge in [0, 0.05) is 4.90 Å². The summed E-state index contributed by atoms with van der Waals surface area (Å²) in [6.45, 7) is 3.52. The Balaban J connectivity index is 2.75. The van der Waals surface area contributed by atoms with Gasteiger partial charge in [0.05, 0.1) is 7.11 Å². The minimum Gasteiger partial charge on any atom is -0.468 e. The number of benzene rings is 1. The van der Waals surface area contributed by atoms with E-state index in [0.29, 0.717) is 6.42 Å². The molecule has 0 radical (unpaired) electrons. The normalized spacial score (nSPS) is 11.9. The molecule has 1 aromatic rings. The van der Waals surface area contributed by atoms with Crippen LogP contribution in [0, 0.1) is 5.92 Å². The summed E-state index contributed by atoms with van der Waals surface area (Å²) in [6.07, 6.45) is 0.402. The average Bonchev–Trinajstić information content (AvgIpc) is 2.37. The van der Waals surface area contributed by atoms with Gasteiger partial charge >= 0.3 is 5.97 Å². The molecule has 0 aromatic heterocycles. The van der Waals surface area contributed by atoms with E-state index in [1.807, 2.05) is 24.3 Å². The molecule has 0 heterocycles. The second-order valence-electron chi connectivity index (χ2n) is 3.97. The van der Waals surface area contributed by atoms with Crippen molar-refractivity contribution in [3.63, 3.8) is 0 Å². The Morgan fingerprint density at radius 1 is 1.28 bits per heavy atom. The number of methoxy groups -OCH3 is 1. The highest BCUT2D eigenvalue weighted by Crippen LogP contribution is 2.19. The fraction of sp³-hybridized carbons (Fsp3) is 0.429. The first-order valence-corrected chi connectivity index (χ1v) is 6.87. The summed E-state index contributed by atoms with van der Waals surface area (Å²) in [5, 5.41) is 0. The molecule has 0 amide bonds. The third kappa shape index (κ3) is 4.18. The lowest BCUT2D eigenvalue weighted by atomic mass is 9.96. The zero-order chi connectivity index (χ0) is 13.5. The molecule has 18 heavy (non-hydrogen) atoms. The maximum Gasteiger partial charge on any atom is 0.316 e. The van der Waals surface area contributed by atoms with Crippen LogP contribution >= 0.6 is 11.8 Å². The smallest absolute Gasteiger partial charge is 0.316 e. The molecule has 0 fully saturated rings. The number of hydrogen-bond acceptors (Lipinski definition) is 4. The molecule has 1 unspecified atom stereocenters. The number of carbonyl (C=O) groups is 2. The van der Waals surface area contributed by atoms with Gasteiger partial charge in [-0.2, -0.15) is 0 Å². The topological polar surface area (TPSA) is 43.4 Å². The zero-order valence-electron chi connectivity index (χ0n) is 10.9. The van der Waals surface area contributed by atoms with Crippen molar-refractivity contribution in [3.8, 4) is 0 Å². The molecule has 98 valence electrons. The first-order valence-electron chi connectivity index (χ1n) is 5.88. The Kier molecular flexibility index (Phi) is 5.92. The van der Waals surface area contributed by atoms with Gasteiger partial charge in [0.1, 0.15) is 11.7 Å². The standard InChI is InChI=1S/C14H18O3S/c1-4-18-12-7-5-11(6-8-12)9-13(10(2)15)14(16)17-3/h5-8,13H,4,9H2,1-3H3. The Morgan fingerprint density at radius 3 is 2.33 bits per heavy atom. The number of ketones is 1. The van der Waals surface area contributed by atoms with Gasteiger partial charge in [-0.05, 0) is 36.8 Å². The average molecular weight is 266 g/mol. The van der Waals surface area contributed by atoms with Gasteiger partial charge in [-0.25, -0.2) is 0 Å². The Hall–Kier alpha value is -1.29. The molecule has 1 atom stereocenters. The van der Waals surface area contributed by atoms with Crippen LogP contribution in [0.25, 0.3) is 0 Å². The lowest BCUT2D eigenvalue weighted by Gasteiger charge is -2.11. The van der Waals surface area contributed by atoms with Crippen molar-refractivity contribution in [1.82, 2.24) is 0 Å². The fourth-order valence-corrected chi connectivity index (χ4v) is 2.32. The van der Waals surface area contributed by atoms with Gasteiger partial charge in [0.15, 0.2) is 0 Å². The first kappa shape index (κ1) is 14.8. The van der Waals surface area contributed by atoms with Gasteiger partial charge < -0.3 is 4.74 Å². The molecule has 0 saturated heterocycles. The Labute approximate surface area is 112 Å². The molecular weight excluding hydrogens is 248 g/mol. The summed E-state index contributed by atoms with van der Waals surface area (Å²) in [7, 11) is 1.30. The van der Waals surface area contributed by atoms with Crippen LogP contribution in [0.4, 0.5) is 0 Å². The molecule has 0 bridgehead atoms. The van der Waals surface area contributed by atoms with E-state index in [1.165, 1.54) is 18.9 Å². The number of ether oxygens (including phenoxy) is 1. The third-order valence-electron chi connectivity index (χ3n) is 2.65. The quantitative estimate of drug-likeness (QED) is 0.451. The highest BCUT2D eigenvalue weighted by atomic mass is 32.2. The van der Waals surface area contributed by atoms with Crippen LogP contribution in [0.3, 0.4) is 0 Å². The second kappa shape index (κ2) is 7.21. The van der Waals surface area contributed by atoms with Crippen LogP contribution in [0.15, 0.2) is 29.2 Å². The van der Waals surface area contributed by atoms with Crippen molar-refractivity contribution < 1.29 is 14.3 Å². The number of esters is 1. The monoisotopic (exact) mass is 266 g/mol. The van der Waals surface area contributed by atoms with Gasteiger partial charge in [0.25, 0.3) is 0 Å². The number of rotatable bonds is 6. The van der Waals surface area contributed by atoms with Crippen molar-refractivity contribution in [2.24, 2.45) is 5.92 Å². The van der Waals surface area contributed by atoms with E-state index in [-0.39, 0.29) is 5.78 Å². The van der Waals surface area contributed by atoms with E-state index in [2.05, 4.69) is 11.7 Å². The fourth-order valence-electron chi connectivity index (χ4n) is 1.66. The van der Waals surface area contributed by atoms with Crippen molar-refractivity contribution in [3.05, 3.63) is 29.8 Å². The molecule has 1 rings (SSSR count). The predicted octanol–water partition coefficient (Wildman–Crippen LogP) is 2.72. The third-order valence-corrected chi connectivity index (χ3v) is 3.54. The molecule has 0 saturated carbocycles. The number of thioether (sulfide) groups is 1. The van der Waals surface area contributed by atoms with Crippen LogP contribution in [-0.4, -0.2) is 24.6 Å². The number of Topliss-reactive ketones (excluding diaryl/α,β-unsaturated/α-hetero) is 1. The van der Waals surface area contributed by atoms with Crippen molar-refractivity contribution >= 4 is 23.5 Å². The van der Waals surface area contributed by atoms with E-state index in [4.69, 9.17) is 0 Å². The lowest BCUT2D eigenvalue weighted by molar-refractivity contribution is -0.148. The number of hydrogen-bond donors (Lipinski definition) is 0. The molecule has 1 aromatic carbocycles. The van der Waals surface area contributed by atoms with Crippen LogP contribution in [0.5, 0.6) is 0 Å². The highest BCUT2D eigenvalue weighted by Gasteiger charge is 2.24. The van der Waals surface area contributed by atoms with Gasteiger partial charge in [-0.1, -0.05) is 19.1 Å². The van der Waals surface area contributed by atoms with Gasteiger partial charge in [0.2, 0.25) is 0 Å². The zero-order valence-corrected chi connectivity index (χ0v) is 11.8. The largest absolute Gasteiger partial charge is 0.468 e. The van der Waals surface area contributed by atoms with Crippen LogP contribution < -0.4 is 0 Å². The molecule has 0 aliphatic rings. The molecular formula is C14H18O3S. The lowest BCUT2D eigenvalue weighted by Crippen LogP contribution is -2.25. The summed E-state index contributed by atoms with van der Waals surface area (Å²) >= 11 is 1.76. The summed E-state index contributed by atoms with van der Waals surface area (Å²) in [6, 6.07) is 7.93. The maximum atomic E-state index is 11.5. The highest BCUT2D eigenvalue weighted by molar-refractivity contribution is 7.99. The van der Waals surface area contributed by atoms with E-state index in [0.717, 1.165) is 11.3 Å². The molecule has 3 nitrogen and oxygen atoms in total. The van der Waals surface area contributed by atoms with Gasteiger partial charge in [-0.15, -0.1) is 11.8 Å². The molecule has 0 aliphatic carbocycles. The number of carbonyl (C=O) groups excluding carboxylic acids is 2. The van der Waals surface area contributed by atoms with Crippen LogP contribution in [-0.2, 0) is 20.7 Å². The van der Waals surface area contributed by atoms with Crippen molar-refractivity contribution in [2.75, 3.05) is 12.9 Å². The van der Waals surface area contributed by atoms with Crippen molar-refractivity contribution in [1.29, 1.82) is 0 Å². The molecule has 0 spiro atoms. The van der Waals surface area contributed by atoms with E-state index in [1.54, 1.807) is 11.8 Å². The minimum atomic E-state index is -0.695. The SMILES string of the molecule is CCSc1ccc(CC(C(C)=O)C(=O)OC)cc1. The van der Waals surface area contributed by atoms with Gasteiger partial charge in [-0.3, -0.25) is 9.59 Å². The predicted molar refractivity (Wildman–Crippen MR) is 72.7 cm³/mol. The van der Waals surface area contributed by atoms with E-state index < -0.39 is 11.9 Å². The molecule has 4 heteroatoms. The minimum absolute atomic E-state index is 0.158. The van der Waals surface area contributed by atoms with Crippen LogP contribution in [0.2, 0.25) is 0 Å². The summed E-state index contributed by atoms with van der Waals surface area (Å²) in [5.41, 5.74) is 0.973. The summed E-state index contributed by atoms with van der Waals surface area (Å²) in [4.78, 5) is 24.1. The maximum absolute atomic E-state index is 11.5. The van der Waals surface area contributed by atoms with E-state index in [9.17, 15) is 9.59 Å². The Morgan fingerprint density at radius 2 is 1.89 bits per heavy atom. The summed E-state index contributed by atoms with van der Waals surface area (Å²) < 4.78 is 4.64.